The van der Waals surface area contributed by atoms with E-state index in [-0.39, 0.29) is 6.54 Å². The second kappa shape index (κ2) is 4.03. The number of nitrogens with two attached hydrogens (primary N) is 1. The normalized spacial score (nSPS) is 23.4. The zero-order valence-corrected chi connectivity index (χ0v) is 9.13. The number of hydrogen-bond acceptors (Lipinski definition) is 5. The number of rotatable bonds is 2. The van der Waals surface area contributed by atoms with Crippen molar-refractivity contribution < 1.29 is 9.90 Å². The molecule has 17 heavy (non-hydrogen) atoms. The van der Waals surface area contributed by atoms with Gasteiger partial charge in [-0.05, 0) is 12.5 Å². The highest BCUT2D eigenvalue weighted by Crippen LogP contribution is 2.27. The molecule has 1 fully saturated rings. The van der Waals surface area contributed by atoms with E-state index in [1.807, 2.05) is 0 Å². The maximum absolute atomic E-state index is 11.0. The Labute approximate surface area is 98.3 Å². The van der Waals surface area contributed by atoms with Crippen molar-refractivity contribution in [3.8, 4) is 6.07 Å². The summed E-state index contributed by atoms with van der Waals surface area (Å²) in [6.45, 7) is 0.714. The van der Waals surface area contributed by atoms with Gasteiger partial charge in [0.2, 0.25) is 0 Å². The van der Waals surface area contributed by atoms with E-state index in [9.17, 15) is 4.79 Å². The topological polar surface area (TPSA) is 103 Å². The lowest BCUT2D eigenvalue weighted by Crippen LogP contribution is -2.50. The molecule has 1 aromatic heterocycles. The van der Waals surface area contributed by atoms with Crippen LogP contribution >= 0.6 is 0 Å². The number of carboxylic acids is 1. The maximum atomic E-state index is 11.0. The van der Waals surface area contributed by atoms with Gasteiger partial charge in [0.25, 0.3) is 0 Å². The lowest BCUT2D eigenvalue weighted by Gasteiger charge is -2.21. The predicted molar refractivity (Wildman–Crippen MR) is 60.3 cm³/mol. The molecule has 0 saturated carbocycles. The van der Waals surface area contributed by atoms with E-state index >= 15 is 0 Å². The number of carboxylic acid groups (broad SMARTS) is 1. The number of aromatic nitrogens is 1. The molecule has 1 saturated heterocycles. The fourth-order valence-corrected chi connectivity index (χ4v) is 1.95. The minimum absolute atomic E-state index is 0.197. The van der Waals surface area contributed by atoms with Gasteiger partial charge in [-0.15, -0.1) is 0 Å². The first kappa shape index (κ1) is 11.4. The molecule has 2 heterocycles. The summed E-state index contributed by atoms with van der Waals surface area (Å²) in [7, 11) is 0. The number of pyridine rings is 1. The second-order valence-corrected chi connectivity index (χ2v) is 4.14. The Hall–Kier alpha value is -2.13. The van der Waals surface area contributed by atoms with Gasteiger partial charge in [0.1, 0.15) is 11.6 Å². The van der Waals surface area contributed by atoms with Crippen molar-refractivity contribution in [3.05, 3.63) is 24.0 Å². The van der Waals surface area contributed by atoms with E-state index in [0.29, 0.717) is 24.2 Å². The Balaban J connectivity index is 2.27. The first-order valence-corrected chi connectivity index (χ1v) is 5.18. The zero-order chi connectivity index (χ0) is 12.5. The molecule has 6 heteroatoms. The summed E-state index contributed by atoms with van der Waals surface area (Å²) >= 11 is 0. The van der Waals surface area contributed by atoms with Gasteiger partial charge in [-0.3, -0.25) is 9.78 Å². The van der Waals surface area contributed by atoms with E-state index in [2.05, 4.69) is 11.1 Å². The largest absolute Gasteiger partial charge is 0.480 e. The summed E-state index contributed by atoms with van der Waals surface area (Å²) in [6, 6.07) is 3.66. The highest BCUT2D eigenvalue weighted by Gasteiger charge is 2.41. The van der Waals surface area contributed by atoms with Crippen LogP contribution in [-0.4, -0.2) is 34.7 Å². The summed E-state index contributed by atoms with van der Waals surface area (Å²) in [5.74, 6) is -1.01. The maximum Gasteiger partial charge on any atom is 0.325 e. The first-order chi connectivity index (χ1) is 8.07. The average molecular weight is 232 g/mol. The Morgan fingerprint density at radius 3 is 3.06 bits per heavy atom. The third-order valence-corrected chi connectivity index (χ3v) is 2.99. The molecule has 2 rings (SSSR count). The van der Waals surface area contributed by atoms with Crippen molar-refractivity contribution >= 4 is 11.7 Å². The van der Waals surface area contributed by atoms with Crippen LogP contribution in [0.25, 0.3) is 0 Å². The SMILES string of the molecule is N#Cc1ccncc1N1CCC(N)(C(=O)O)C1. The van der Waals surface area contributed by atoms with Gasteiger partial charge in [0.15, 0.2) is 0 Å². The molecule has 0 radical (unpaired) electrons. The van der Waals surface area contributed by atoms with Gasteiger partial charge in [0.05, 0.1) is 17.4 Å². The Kier molecular flexibility index (Phi) is 2.69. The minimum atomic E-state index is -1.23. The molecule has 1 aliphatic rings. The molecule has 0 bridgehead atoms. The molecule has 0 aromatic carbocycles. The van der Waals surface area contributed by atoms with Crippen LogP contribution in [0.5, 0.6) is 0 Å². The van der Waals surface area contributed by atoms with E-state index in [1.165, 1.54) is 6.20 Å². The Bertz CT molecular complexity index is 496. The van der Waals surface area contributed by atoms with Crippen LogP contribution in [0.1, 0.15) is 12.0 Å². The van der Waals surface area contributed by atoms with Gasteiger partial charge in [-0.2, -0.15) is 5.26 Å². The fraction of sp³-hybridized carbons (Fsp3) is 0.364. The lowest BCUT2D eigenvalue weighted by atomic mass is 10.0. The molecule has 1 aromatic rings. The molecule has 0 aliphatic carbocycles. The van der Waals surface area contributed by atoms with Crippen LogP contribution in [0, 0.1) is 11.3 Å². The molecule has 0 spiro atoms. The lowest BCUT2D eigenvalue weighted by molar-refractivity contribution is -0.142. The zero-order valence-electron chi connectivity index (χ0n) is 9.13. The van der Waals surface area contributed by atoms with Crippen LogP contribution in [0.15, 0.2) is 18.5 Å². The standard InChI is InChI=1S/C11H12N4O2/c12-5-8-1-3-14-6-9(8)15-4-2-11(13,7-15)10(16)17/h1,3,6H,2,4,7,13H2,(H,16,17). The average Bonchev–Trinajstić information content (AvgIpc) is 2.73. The van der Waals surface area contributed by atoms with Crippen molar-refractivity contribution in [2.24, 2.45) is 5.73 Å². The molecule has 3 N–H and O–H groups in total. The van der Waals surface area contributed by atoms with Crippen molar-refractivity contribution in [1.82, 2.24) is 4.98 Å². The van der Waals surface area contributed by atoms with Gasteiger partial charge in [-0.25, -0.2) is 0 Å². The fourth-order valence-electron chi connectivity index (χ4n) is 1.95. The number of aliphatic carboxylic acids is 1. The molecule has 88 valence electrons. The number of carbonyl (C=O) groups is 1. The highest BCUT2D eigenvalue weighted by atomic mass is 16.4. The molecule has 1 atom stereocenters. The van der Waals surface area contributed by atoms with Crippen LogP contribution in [0.3, 0.4) is 0 Å². The number of anilines is 1. The summed E-state index contributed by atoms with van der Waals surface area (Å²) < 4.78 is 0. The number of nitriles is 1. The van der Waals surface area contributed by atoms with Crippen molar-refractivity contribution in [1.29, 1.82) is 5.26 Å². The van der Waals surface area contributed by atoms with E-state index in [4.69, 9.17) is 16.1 Å². The molecular formula is C11H12N4O2. The molecule has 1 unspecified atom stereocenters. The number of hydrogen-bond donors (Lipinski definition) is 2. The van der Waals surface area contributed by atoms with E-state index in [0.717, 1.165) is 0 Å². The van der Waals surface area contributed by atoms with Crippen molar-refractivity contribution in [3.63, 3.8) is 0 Å². The summed E-state index contributed by atoms with van der Waals surface area (Å²) in [5, 5.41) is 18.0. The van der Waals surface area contributed by atoms with Crippen molar-refractivity contribution in [2.75, 3.05) is 18.0 Å². The Morgan fingerprint density at radius 2 is 2.47 bits per heavy atom. The van der Waals surface area contributed by atoms with E-state index in [1.54, 1.807) is 17.2 Å². The minimum Gasteiger partial charge on any atom is -0.480 e. The van der Waals surface area contributed by atoms with Crippen molar-refractivity contribution in [2.45, 2.75) is 12.0 Å². The van der Waals surface area contributed by atoms with Gasteiger partial charge >= 0.3 is 5.97 Å². The predicted octanol–water partition coefficient (Wildman–Crippen LogP) is -0.0545. The molecule has 6 nitrogen and oxygen atoms in total. The monoisotopic (exact) mass is 232 g/mol. The third kappa shape index (κ3) is 1.92. The molecule has 1 aliphatic heterocycles. The van der Waals surface area contributed by atoms with Gasteiger partial charge < -0.3 is 15.7 Å². The summed E-state index contributed by atoms with van der Waals surface area (Å²) in [5.41, 5.74) is 5.67. The Morgan fingerprint density at radius 1 is 1.71 bits per heavy atom. The summed E-state index contributed by atoms with van der Waals surface area (Å²) in [6.07, 6.45) is 3.46. The first-order valence-electron chi connectivity index (χ1n) is 5.18. The van der Waals surface area contributed by atoms with Gasteiger partial charge in [0, 0.05) is 19.3 Å². The second-order valence-electron chi connectivity index (χ2n) is 4.14. The van der Waals surface area contributed by atoms with Crippen LogP contribution in [0.4, 0.5) is 5.69 Å². The molecule has 0 amide bonds. The van der Waals surface area contributed by atoms with Crippen LogP contribution < -0.4 is 10.6 Å². The third-order valence-electron chi connectivity index (χ3n) is 2.99. The van der Waals surface area contributed by atoms with E-state index < -0.39 is 11.5 Å². The van der Waals surface area contributed by atoms with Crippen LogP contribution in [-0.2, 0) is 4.79 Å². The smallest absolute Gasteiger partial charge is 0.325 e. The molecular weight excluding hydrogens is 220 g/mol. The number of nitrogens with zero attached hydrogens (tertiary/aromatic N) is 3. The van der Waals surface area contributed by atoms with Gasteiger partial charge in [-0.1, -0.05) is 0 Å². The van der Waals surface area contributed by atoms with Crippen LogP contribution in [0.2, 0.25) is 0 Å². The quantitative estimate of drug-likeness (QED) is 0.740. The summed E-state index contributed by atoms with van der Waals surface area (Å²) in [4.78, 5) is 16.8. The highest BCUT2D eigenvalue weighted by molar-refractivity contribution is 5.81.